The van der Waals surface area contributed by atoms with Crippen LogP contribution in [0.5, 0.6) is 0 Å². The molecule has 5 amide bonds. The lowest BCUT2D eigenvalue weighted by Gasteiger charge is -2.41. The predicted molar refractivity (Wildman–Crippen MR) is 232 cm³/mol. The fourth-order valence-corrected chi connectivity index (χ4v) is 8.93. The molecule has 2 aliphatic rings. The van der Waals surface area contributed by atoms with Crippen LogP contribution in [0.15, 0.2) is 30.3 Å². The van der Waals surface area contributed by atoms with Crippen molar-refractivity contribution in [2.24, 2.45) is 29.4 Å². The maximum absolute atomic E-state index is 14.4. The van der Waals surface area contributed by atoms with Gasteiger partial charge >= 0.3 is 0 Å². The van der Waals surface area contributed by atoms with E-state index in [0.29, 0.717) is 45.6 Å². The molecule has 0 radical (unpaired) electrons. The molecule has 0 aliphatic carbocycles. The highest BCUT2D eigenvalue weighted by atomic mass is 16.7. The highest BCUT2D eigenvalue weighted by Gasteiger charge is 2.44. The third-order valence-electron chi connectivity index (χ3n) is 12.5. The van der Waals surface area contributed by atoms with E-state index in [1.807, 2.05) is 83.8 Å². The first-order valence-corrected chi connectivity index (χ1v) is 22.1. The van der Waals surface area contributed by atoms with E-state index in [2.05, 4.69) is 10.6 Å². The van der Waals surface area contributed by atoms with Crippen molar-refractivity contribution in [3.8, 4) is 0 Å². The first kappa shape index (κ1) is 50.7. The van der Waals surface area contributed by atoms with E-state index in [1.54, 1.807) is 38.0 Å². The number of rotatable bonds is 23. The second kappa shape index (κ2) is 24.7. The number of nitrogens with zero attached hydrogens (tertiary/aromatic N) is 4. The molecule has 0 unspecified atom stereocenters. The zero-order valence-corrected chi connectivity index (χ0v) is 38.4. The van der Waals surface area contributed by atoms with Gasteiger partial charge in [-0.2, -0.15) is 0 Å². The molecule has 340 valence electrons. The summed E-state index contributed by atoms with van der Waals surface area (Å²) < 4.78 is 12.1. The second-order valence-electron chi connectivity index (χ2n) is 17.5. The minimum atomic E-state index is -0.850. The Bertz CT molecular complexity index is 1510. The normalized spacial score (nSPS) is 19.9. The molecule has 9 atom stereocenters. The number of methoxy groups -OCH3 is 2. The number of likely N-dealkylation sites (tertiary alicyclic amines) is 1. The number of amides is 5. The highest BCUT2D eigenvalue weighted by molar-refractivity contribution is 5.90. The molecule has 2 heterocycles. The van der Waals surface area contributed by atoms with E-state index in [-0.39, 0.29) is 53.7 Å². The van der Waals surface area contributed by atoms with Gasteiger partial charge in [0.15, 0.2) is 0 Å². The number of carbonyl (C=O) groups is 5. The van der Waals surface area contributed by atoms with Gasteiger partial charge in [-0.1, -0.05) is 85.2 Å². The summed E-state index contributed by atoms with van der Waals surface area (Å²) in [6.45, 7) is 15.9. The van der Waals surface area contributed by atoms with Gasteiger partial charge in [-0.05, 0) is 56.0 Å². The second-order valence-corrected chi connectivity index (χ2v) is 17.5. The van der Waals surface area contributed by atoms with Crippen molar-refractivity contribution in [2.75, 3.05) is 61.1 Å². The molecule has 0 spiro atoms. The number of hydrogen-bond acceptors (Lipinski definition) is 10. The van der Waals surface area contributed by atoms with Gasteiger partial charge in [0, 0.05) is 53.9 Å². The van der Waals surface area contributed by atoms with E-state index in [9.17, 15) is 24.0 Å². The third-order valence-corrected chi connectivity index (χ3v) is 12.5. The van der Waals surface area contributed by atoms with Crippen molar-refractivity contribution in [3.63, 3.8) is 0 Å². The van der Waals surface area contributed by atoms with Gasteiger partial charge in [-0.25, -0.2) is 5.06 Å². The van der Waals surface area contributed by atoms with Gasteiger partial charge in [0.05, 0.1) is 49.3 Å². The molecule has 0 aromatic heterocycles. The monoisotopic (exact) mass is 844 g/mol. The number of nitrogens with two attached hydrogens (primary N) is 1. The molecule has 0 bridgehead atoms. The van der Waals surface area contributed by atoms with Crippen molar-refractivity contribution in [3.05, 3.63) is 35.9 Å². The van der Waals surface area contributed by atoms with Gasteiger partial charge in [0.2, 0.25) is 23.6 Å². The Morgan fingerprint density at radius 3 is 2.13 bits per heavy atom. The van der Waals surface area contributed by atoms with Crippen molar-refractivity contribution in [2.45, 2.75) is 136 Å². The molecule has 3 rings (SSSR count). The maximum atomic E-state index is 14.4. The van der Waals surface area contributed by atoms with Crippen molar-refractivity contribution in [1.82, 2.24) is 30.4 Å². The number of likely N-dealkylation sites (N-methyl/N-ethyl adjacent to an activating group) is 2. The standard InChI is InChI=1S/C45H77N7O8/c1-12-31(6)40(50(9)45(57)38(29(2)3)48-43(55)39(30(4)5)49(8)25-22-46)36(58-10)28-37(53)51-23-18-21-35(51)41(59-11)32(7)42(54)47-34(27-33-19-14-13-15-20-33)44(56)52-24-16-17-26-60-52/h13-15,19-20,29-32,34-36,38-41H,12,16-18,21-28,46H2,1-11H3,(H,47,54)(H,48,55)/t31-,32+,34-,35-,36+,38-,39-,40-,41+/m0/s1. The van der Waals surface area contributed by atoms with Crippen LogP contribution >= 0.6 is 0 Å². The molecule has 15 nitrogen and oxygen atoms in total. The van der Waals surface area contributed by atoms with Crippen LogP contribution in [0.2, 0.25) is 0 Å². The van der Waals surface area contributed by atoms with E-state index in [0.717, 1.165) is 31.2 Å². The van der Waals surface area contributed by atoms with E-state index < -0.39 is 48.3 Å². The van der Waals surface area contributed by atoms with Crippen LogP contribution in [-0.2, 0) is 44.7 Å². The molecule has 2 saturated heterocycles. The lowest BCUT2D eigenvalue weighted by molar-refractivity contribution is -0.199. The number of benzene rings is 1. The average Bonchev–Trinajstić information content (AvgIpc) is 3.72. The van der Waals surface area contributed by atoms with Crippen molar-refractivity contribution in [1.29, 1.82) is 0 Å². The Labute approximate surface area is 359 Å². The summed E-state index contributed by atoms with van der Waals surface area (Å²) in [4.78, 5) is 81.3. The molecule has 60 heavy (non-hydrogen) atoms. The minimum Gasteiger partial charge on any atom is -0.379 e. The van der Waals surface area contributed by atoms with Gasteiger partial charge in [-0.3, -0.25) is 33.7 Å². The zero-order chi connectivity index (χ0) is 44.7. The number of hydrogen-bond donors (Lipinski definition) is 3. The number of nitrogens with one attached hydrogen (secondary N) is 2. The Balaban J connectivity index is 1.80. The van der Waals surface area contributed by atoms with Gasteiger partial charge < -0.3 is 35.6 Å². The summed E-state index contributed by atoms with van der Waals surface area (Å²) in [5, 5.41) is 7.43. The molecule has 1 aromatic carbocycles. The molecular weight excluding hydrogens is 767 g/mol. The largest absolute Gasteiger partial charge is 0.379 e. The van der Waals surface area contributed by atoms with Crippen LogP contribution in [0.3, 0.4) is 0 Å². The van der Waals surface area contributed by atoms with Crippen LogP contribution in [0.25, 0.3) is 0 Å². The Kier molecular flexibility index (Phi) is 20.9. The fourth-order valence-electron chi connectivity index (χ4n) is 8.93. The molecule has 0 saturated carbocycles. The van der Waals surface area contributed by atoms with E-state index in [4.69, 9.17) is 20.0 Å². The summed E-state index contributed by atoms with van der Waals surface area (Å²) in [5.74, 6) is -2.27. The molecule has 4 N–H and O–H groups in total. The van der Waals surface area contributed by atoms with Crippen molar-refractivity contribution < 1.29 is 38.3 Å². The molecular formula is C45H77N7O8. The Morgan fingerprint density at radius 1 is 0.900 bits per heavy atom. The maximum Gasteiger partial charge on any atom is 0.269 e. The summed E-state index contributed by atoms with van der Waals surface area (Å²) in [6.07, 6.45) is 2.75. The Hall–Kier alpha value is -3.63. The van der Waals surface area contributed by atoms with Crippen LogP contribution in [0.1, 0.15) is 92.6 Å². The zero-order valence-electron chi connectivity index (χ0n) is 38.4. The molecule has 15 heteroatoms. The first-order chi connectivity index (χ1) is 28.5. The van der Waals surface area contributed by atoms with Gasteiger partial charge in [0.1, 0.15) is 12.1 Å². The number of hydroxylamine groups is 2. The summed E-state index contributed by atoms with van der Waals surface area (Å²) in [5.41, 5.74) is 6.71. The van der Waals surface area contributed by atoms with Gasteiger partial charge in [-0.15, -0.1) is 0 Å². The van der Waals surface area contributed by atoms with Crippen LogP contribution in [0.4, 0.5) is 0 Å². The topological polar surface area (TPSA) is 176 Å². The smallest absolute Gasteiger partial charge is 0.269 e. The lowest BCUT2D eigenvalue weighted by Crippen LogP contribution is -2.60. The number of ether oxygens (including phenoxy) is 2. The minimum absolute atomic E-state index is 0.00185. The van der Waals surface area contributed by atoms with Gasteiger partial charge in [0.25, 0.3) is 5.91 Å². The van der Waals surface area contributed by atoms with E-state index >= 15 is 0 Å². The average molecular weight is 844 g/mol. The molecule has 2 aliphatic heterocycles. The summed E-state index contributed by atoms with van der Waals surface area (Å²) in [7, 11) is 6.69. The van der Waals surface area contributed by atoms with E-state index in [1.165, 1.54) is 5.06 Å². The number of carbonyl (C=O) groups excluding carboxylic acids is 5. The molecule has 1 aromatic rings. The highest BCUT2D eigenvalue weighted by Crippen LogP contribution is 2.30. The van der Waals surface area contributed by atoms with Crippen molar-refractivity contribution >= 4 is 29.5 Å². The van der Waals surface area contributed by atoms with Crippen LogP contribution < -0.4 is 16.4 Å². The van der Waals surface area contributed by atoms with Crippen LogP contribution in [0, 0.1) is 23.7 Å². The summed E-state index contributed by atoms with van der Waals surface area (Å²) in [6, 6.07) is 6.55. The Morgan fingerprint density at radius 2 is 1.58 bits per heavy atom. The lowest BCUT2D eigenvalue weighted by atomic mass is 9.89. The SMILES string of the molecule is CC[C@H](C)[C@@H]([C@@H](CC(=O)N1CCC[C@H]1[C@H](OC)[C@@H](C)C(=O)N[C@@H](Cc1ccccc1)C(=O)N1CCCCO1)OC)N(C)C(=O)[C@@H](NC(=O)[C@H](C(C)C)N(C)CCN)C(C)C. The third kappa shape index (κ3) is 13.4. The fraction of sp³-hybridized carbons (Fsp3) is 0.756. The summed E-state index contributed by atoms with van der Waals surface area (Å²) >= 11 is 0. The first-order valence-electron chi connectivity index (χ1n) is 22.1. The predicted octanol–water partition coefficient (Wildman–Crippen LogP) is 3.24. The quantitative estimate of drug-likeness (QED) is 0.148. The molecule has 2 fully saturated rings. The van der Waals surface area contributed by atoms with Crippen LogP contribution in [-0.4, -0.2) is 153 Å².